The van der Waals surface area contributed by atoms with E-state index in [1.165, 1.54) is 0 Å². The fourth-order valence-corrected chi connectivity index (χ4v) is 5.25. The number of nitrogens with two attached hydrogens (primary N) is 1. The van der Waals surface area contributed by atoms with Gasteiger partial charge in [0, 0.05) is 13.1 Å². The lowest BCUT2D eigenvalue weighted by Crippen LogP contribution is -2.51. The summed E-state index contributed by atoms with van der Waals surface area (Å²) in [6.45, 7) is 7.57. The predicted octanol–water partition coefficient (Wildman–Crippen LogP) is 4.59. The average Bonchev–Trinajstić information content (AvgIpc) is 3.54. The van der Waals surface area contributed by atoms with Crippen molar-refractivity contribution in [1.29, 1.82) is 0 Å². The highest BCUT2D eigenvalue weighted by Crippen LogP contribution is 2.40. The first-order valence-electron chi connectivity index (χ1n) is 13.5. The molecule has 210 valence electrons. The lowest BCUT2D eigenvalue weighted by Gasteiger charge is -2.42. The molecule has 0 spiro atoms. The molecule has 2 atom stereocenters. The summed E-state index contributed by atoms with van der Waals surface area (Å²) in [6.07, 6.45) is 2.11. The molecule has 10 heteroatoms. The minimum absolute atomic E-state index is 0.0459. The van der Waals surface area contributed by atoms with E-state index in [0.717, 1.165) is 36.6 Å². The van der Waals surface area contributed by atoms with Crippen molar-refractivity contribution in [2.45, 2.75) is 58.7 Å². The second-order valence-corrected chi connectivity index (χ2v) is 11.1. The first kappa shape index (κ1) is 28.6. The number of aliphatic hydroxyl groups excluding tert-OH is 1. The van der Waals surface area contributed by atoms with Gasteiger partial charge in [-0.25, -0.2) is 23.2 Å². The quantitative estimate of drug-likeness (QED) is 0.414. The zero-order valence-corrected chi connectivity index (χ0v) is 22.9. The highest BCUT2D eigenvalue weighted by Gasteiger charge is 2.42. The summed E-state index contributed by atoms with van der Waals surface area (Å²) in [5.41, 5.74) is 6.26. The van der Waals surface area contributed by atoms with Crippen LogP contribution >= 0.6 is 0 Å². The molecule has 1 saturated heterocycles. The van der Waals surface area contributed by atoms with Gasteiger partial charge in [-0.15, -0.1) is 0 Å². The third kappa shape index (κ3) is 6.45. The molecule has 3 N–H and O–H groups in total. The molecule has 1 fully saturated rings. The third-order valence-electron chi connectivity index (χ3n) is 7.10. The largest absolute Gasteiger partial charge is 0.394 e. The van der Waals surface area contributed by atoms with E-state index >= 15 is 0 Å². The number of urea groups is 1. The molecule has 2 heterocycles. The highest BCUT2D eigenvalue weighted by atomic mass is 19.1. The van der Waals surface area contributed by atoms with Crippen LogP contribution in [0, 0.1) is 17.0 Å². The summed E-state index contributed by atoms with van der Waals surface area (Å²) in [6, 6.07) is 11.8. The summed E-state index contributed by atoms with van der Waals surface area (Å²) < 4.78 is 30.6. The van der Waals surface area contributed by atoms with E-state index in [0.29, 0.717) is 38.4 Å². The van der Waals surface area contributed by atoms with Gasteiger partial charge in [0.2, 0.25) is 0 Å². The smallest absolute Gasteiger partial charge is 0.320 e. The molecule has 2 amide bonds. The highest BCUT2D eigenvalue weighted by molar-refractivity contribution is 5.76. The number of halogens is 2. The lowest BCUT2D eigenvalue weighted by atomic mass is 9.84. The number of aromatic nitrogens is 3. The van der Waals surface area contributed by atoms with Gasteiger partial charge in [-0.2, -0.15) is 5.10 Å². The number of rotatable bonds is 9. The van der Waals surface area contributed by atoms with E-state index in [1.807, 2.05) is 51.1 Å². The fourth-order valence-electron chi connectivity index (χ4n) is 5.25. The molecule has 1 aliphatic heterocycles. The second-order valence-electron chi connectivity index (χ2n) is 11.1. The van der Waals surface area contributed by atoms with Crippen LogP contribution in [0.3, 0.4) is 0 Å². The molecular formula is C29H38F2N6O2. The van der Waals surface area contributed by atoms with E-state index in [-0.39, 0.29) is 30.1 Å². The maximum atomic E-state index is 14.8. The van der Waals surface area contributed by atoms with Gasteiger partial charge >= 0.3 is 6.03 Å². The van der Waals surface area contributed by atoms with Gasteiger partial charge < -0.3 is 20.6 Å². The van der Waals surface area contributed by atoms with E-state index < -0.39 is 23.1 Å². The normalized spacial score (nSPS) is 16.5. The van der Waals surface area contributed by atoms with Gasteiger partial charge in [-0.1, -0.05) is 51.1 Å². The molecule has 0 bridgehead atoms. The van der Waals surface area contributed by atoms with Gasteiger partial charge in [0.1, 0.15) is 11.6 Å². The van der Waals surface area contributed by atoms with Crippen LogP contribution in [0.4, 0.5) is 13.6 Å². The fraction of sp³-hybridized carbons (Fsp3) is 0.483. The van der Waals surface area contributed by atoms with Crippen LogP contribution in [0.25, 0.3) is 11.4 Å². The average molecular weight is 541 g/mol. The van der Waals surface area contributed by atoms with Gasteiger partial charge in [-0.3, -0.25) is 0 Å². The molecule has 0 radical (unpaired) electrons. The van der Waals surface area contributed by atoms with E-state index in [4.69, 9.17) is 10.7 Å². The van der Waals surface area contributed by atoms with Gasteiger partial charge in [-0.05, 0) is 55.0 Å². The van der Waals surface area contributed by atoms with Crippen molar-refractivity contribution in [2.24, 2.45) is 11.1 Å². The molecule has 4 rings (SSSR count). The Labute approximate surface area is 228 Å². The molecular weight excluding hydrogens is 502 g/mol. The van der Waals surface area contributed by atoms with Crippen molar-refractivity contribution < 1.29 is 18.7 Å². The monoisotopic (exact) mass is 540 g/mol. The Morgan fingerprint density at radius 2 is 1.95 bits per heavy atom. The summed E-state index contributed by atoms with van der Waals surface area (Å²) in [5.74, 6) is -0.711. The Kier molecular flexibility index (Phi) is 8.97. The van der Waals surface area contributed by atoms with Gasteiger partial charge in [0.25, 0.3) is 0 Å². The first-order chi connectivity index (χ1) is 18.6. The Bertz CT molecular complexity index is 1260. The zero-order chi connectivity index (χ0) is 28.2. The van der Waals surface area contributed by atoms with Crippen molar-refractivity contribution in [3.05, 3.63) is 71.6 Å². The molecule has 2 aromatic carbocycles. The predicted molar refractivity (Wildman–Crippen MR) is 146 cm³/mol. The number of nitrogens with zero attached hydrogens (tertiary/aromatic N) is 5. The standard InChI is InChI=1S/C29H38F2N6O2/c1-29(2,3)25(36(16-8-14-32)28(39)35-15-7-11-22(35)19-38)27-33-26(23-17-21(30)12-13-24(23)31)34-37(27)18-20-9-5-4-6-10-20/h4-6,9-10,12-13,17,22,25,38H,7-8,11,14-16,18-19,32H2,1-3H3/t22-,25?/m0/s1. The Morgan fingerprint density at radius 3 is 2.62 bits per heavy atom. The molecule has 0 aliphatic carbocycles. The molecule has 1 unspecified atom stereocenters. The maximum absolute atomic E-state index is 14.8. The van der Waals surface area contributed by atoms with Crippen molar-refractivity contribution >= 4 is 6.03 Å². The minimum atomic E-state index is -0.633. The van der Waals surface area contributed by atoms with Crippen molar-refractivity contribution in [1.82, 2.24) is 24.6 Å². The van der Waals surface area contributed by atoms with Crippen LogP contribution in [0.5, 0.6) is 0 Å². The molecule has 8 nitrogen and oxygen atoms in total. The Balaban J connectivity index is 1.86. The third-order valence-corrected chi connectivity index (χ3v) is 7.10. The topological polar surface area (TPSA) is 101 Å². The zero-order valence-electron chi connectivity index (χ0n) is 22.9. The van der Waals surface area contributed by atoms with Crippen LogP contribution in [0.1, 0.15) is 57.5 Å². The van der Waals surface area contributed by atoms with E-state index in [2.05, 4.69) is 5.10 Å². The van der Waals surface area contributed by atoms with Crippen LogP contribution in [-0.4, -0.2) is 68.0 Å². The van der Waals surface area contributed by atoms with Gasteiger partial charge in [0.05, 0.1) is 30.8 Å². The molecule has 1 aromatic heterocycles. The number of carbonyl (C=O) groups excluding carboxylic acids is 1. The molecule has 3 aromatic rings. The van der Waals surface area contributed by atoms with Crippen LogP contribution in [0.2, 0.25) is 0 Å². The van der Waals surface area contributed by atoms with Crippen LogP contribution in [-0.2, 0) is 6.54 Å². The number of hydrogen-bond acceptors (Lipinski definition) is 5. The van der Waals surface area contributed by atoms with Crippen LogP contribution < -0.4 is 5.73 Å². The Hall–Kier alpha value is -3.37. The van der Waals surface area contributed by atoms with E-state index in [1.54, 1.807) is 14.5 Å². The maximum Gasteiger partial charge on any atom is 0.320 e. The second kappa shape index (κ2) is 12.2. The summed E-state index contributed by atoms with van der Waals surface area (Å²) in [4.78, 5) is 22.3. The lowest BCUT2D eigenvalue weighted by molar-refractivity contribution is 0.0722. The minimum Gasteiger partial charge on any atom is -0.394 e. The number of aliphatic hydroxyl groups is 1. The Morgan fingerprint density at radius 1 is 1.21 bits per heavy atom. The number of amides is 2. The van der Waals surface area contributed by atoms with Crippen molar-refractivity contribution in [2.75, 3.05) is 26.2 Å². The number of hydrogen-bond donors (Lipinski definition) is 2. The summed E-state index contributed by atoms with van der Waals surface area (Å²) in [5, 5.41) is 14.6. The van der Waals surface area contributed by atoms with Crippen molar-refractivity contribution in [3.8, 4) is 11.4 Å². The first-order valence-corrected chi connectivity index (χ1v) is 13.5. The summed E-state index contributed by atoms with van der Waals surface area (Å²) in [7, 11) is 0. The number of likely N-dealkylation sites (tertiary alicyclic amines) is 1. The van der Waals surface area contributed by atoms with Crippen LogP contribution in [0.15, 0.2) is 48.5 Å². The van der Waals surface area contributed by atoms with Gasteiger partial charge in [0.15, 0.2) is 11.6 Å². The molecule has 0 saturated carbocycles. The molecule has 1 aliphatic rings. The van der Waals surface area contributed by atoms with E-state index in [9.17, 15) is 18.7 Å². The number of benzene rings is 2. The van der Waals surface area contributed by atoms with Crippen molar-refractivity contribution in [3.63, 3.8) is 0 Å². The molecule has 39 heavy (non-hydrogen) atoms. The summed E-state index contributed by atoms with van der Waals surface area (Å²) >= 11 is 0. The number of carbonyl (C=O) groups is 1. The SMILES string of the molecule is CC(C)(C)C(c1nc(-c2cc(F)ccc2F)nn1Cc1ccccc1)N(CCCN)C(=O)N1CCC[C@H]1CO.